The molecule has 1 heterocycles. The molecular weight excluding hydrogens is 200 g/mol. The van der Waals surface area contributed by atoms with E-state index in [1.54, 1.807) is 24.5 Å². The molecule has 0 spiro atoms. The van der Waals surface area contributed by atoms with Gasteiger partial charge in [-0.15, -0.1) is 0 Å². The molecule has 1 aromatic heterocycles. The molecule has 2 N–H and O–H groups in total. The van der Waals surface area contributed by atoms with E-state index in [1.807, 2.05) is 0 Å². The monoisotopic (exact) mass is 210 g/mol. The van der Waals surface area contributed by atoms with Crippen molar-refractivity contribution in [3.05, 3.63) is 24.1 Å². The number of benzene rings is 1. The first kappa shape index (κ1) is 9.21. The maximum atomic E-state index is 11.0. The van der Waals surface area contributed by atoms with Crippen LogP contribution in [0, 0.1) is 0 Å². The number of hydrogen-bond donors (Lipinski definition) is 1. The molecule has 0 aliphatic heterocycles. The third-order valence-electron chi connectivity index (χ3n) is 1.82. The van der Waals surface area contributed by atoms with Crippen LogP contribution in [-0.2, 0) is 16.6 Å². The molecule has 0 amide bonds. The summed E-state index contributed by atoms with van der Waals surface area (Å²) >= 11 is 0. The standard InChI is InChI=1S/C9H10N2O2S/c1-14(12)5-8-11-9-6(10)3-2-4-7(9)13-8/h2-4H,5,10H2,1H3. The number of oxazole rings is 1. The van der Waals surface area contributed by atoms with Gasteiger partial charge in [-0.3, -0.25) is 4.21 Å². The molecule has 0 bridgehead atoms. The van der Waals surface area contributed by atoms with Gasteiger partial charge >= 0.3 is 0 Å². The Kier molecular flexibility index (Phi) is 2.25. The van der Waals surface area contributed by atoms with E-state index in [1.165, 1.54) is 0 Å². The highest BCUT2D eigenvalue weighted by atomic mass is 32.2. The van der Waals surface area contributed by atoms with E-state index in [0.29, 0.717) is 28.4 Å². The van der Waals surface area contributed by atoms with Gasteiger partial charge in [0.1, 0.15) is 5.52 Å². The molecule has 2 rings (SSSR count). The van der Waals surface area contributed by atoms with Crippen molar-refractivity contribution in [3.8, 4) is 0 Å². The van der Waals surface area contributed by atoms with Gasteiger partial charge in [-0.1, -0.05) is 6.07 Å². The quantitative estimate of drug-likeness (QED) is 0.758. The Morgan fingerprint density at radius 2 is 2.36 bits per heavy atom. The molecule has 74 valence electrons. The van der Waals surface area contributed by atoms with Gasteiger partial charge in [-0.2, -0.15) is 0 Å². The third kappa shape index (κ3) is 1.63. The summed E-state index contributed by atoms with van der Waals surface area (Å²) in [6, 6.07) is 5.36. The summed E-state index contributed by atoms with van der Waals surface area (Å²) < 4.78 is 16.3. The second-order valence-electron chi connectivity index (χ2n) is 3.02. The number of para-hydroxylation sites is 1. The summed E-state index contributed by atoms with van der Waals surface area (Å²) in [4.78, 5) is 4.17. The zero-order valence-electron chi connectivity index (χ0n) is 7.69. The summed E-state index contributed by atoms with van der Waals surface area (Å²) in [6.45, 7) is 0. The number of fused-ring (bicyclic) bond motifs is 1. The highest BCUT2D eigenvalue weighted by Crippen LogP contribution is 2.21. The highest BCUT2D eigenvalue weighted by Gasteiger charge is 2.08. The fraction of sp³-hybridized carbons (Fsp3) is 0.222. The summed E-state index contributed by atoms with van der Waals surface area (Å²) in [5.41, 5.74) is 7.57. The molecule has 2 aromatic rings. The largest absolute Gasteiger partial charge is 0.440 e. The summed E-state index contributed by atoms with van der Waals surface area (Å²) in [5, 5.41) is 0. The van der Waals surface area contributed by atoms with Gasteiger partial charge in [0.2, 0.25) is 5.89 Å². The number of nitrogen functional groups attached to an aromatic ring is 1. The van der Waals surface area contributed by atoms with Crippen LogP contribution in [0.25, 0.3) is 11.1 Å². The molecule has 0 aliphatic carbocycles. The Morgan fingerprint density at radius 1 is 1.57 bits per heavy atom. The highest BCUT2D eigenvalue weighted by molar-refractivity contribution is 7.83. The molecule has 14 heavy (non-hydrogen) atoms. The summed E-state index contributed by atoms with van der Waals surface area (Å²) in [7, 11) is -0.947. The molecule has 0 fully saturated rings. The molecule has 1 aromatic carbocycles. The molecular formula is C9H10N2O2S. The predicted molar refractivity (Wildman–Crippen MR) is 56.2 cm³/mol. The van der Waals surface area contributed by atoms with Crippen LogP contribution >= 0.6 is 0 Å². The Balaban J connectivity index is 2.51. The smallest absolute Gasteiger partial charge is 0.208 e. The van der Waals surface area contributed by atoms with Crippen LogP contribution in [0.4, 0.5) is 5.69 Å². The van der Waals surface area contributed by atoms with Gasteiger partial charge < -0.3 is 10.2 Å². The van der Waals surface area contributed by atoms with Crippen LogP contribution in [0.2, 0.25) is 0 Å². The molecule has 4 nitrogen and oxygen atoms in total. The molecule has 0 aliphatic rings. The maximum Gasteiger partial charge on any atom is 0.208 e. The van der Waals surface area contributed by atoms with Crippen LogP contribution in [0.3, 0.4) is 0 Å². The van der Waals surface area contributed by atoms with Gasteiger partial charge in [0.25, 0.3) is 0 Å². The maximum absolute atomic E-state index is 11.0. The molecule has 0 saturated carbocycles. The molecule has 0 radical (unpaired) electrons. The first-order chi connectivity index (χ1) is 6.66. The van der Waals surface area contributed by atoms with Crippen molar-refractivity contribution in [1.82, 2.24) is 4.98 Å². The number of hydrogen-bond acceptors (Lipinski definition) is 4. The van der Waals surface area contributed by atoms with E-state index in [2.05, 4.69) is 4.98 Å². The fourth-order valence-corrected chi connectivity index (χ4v) is 1.72. The lowest BCUT2D eigenvalue weighted by molar-refractivity contribution is 0.553. The minimum atomic E-state index is -0.947. The van der Waals surface area contributed by atoms with E-state index < -0.39 is 10.8 Å². The second-order valence-corrected chi connectivity index (χ2v) is 4.45. The number of aromatic nitrogens is 1. The molecule has 1 unspecified atom stereocenters. The normalized spacial score (nSPS) is 13.2. The number of nitrogens with zero attached hydrogens (tertiary/aromatic N) is 1. The van der Waals surface area contributed by atoms with Crippen LogP contribution in [0.1, 0.15) is 5.89 Å². The van der Waals surface area contributed by atoms with E-state index in [-0.39, 0.29) is 0 Å². The van der Waals surface area contributed by atoms with Crippen molar-refractivity contribution >= 4 is 27.6 Å². The fourth-order valence-electron chi connectivity index (χ4n) is 1.25. The lowest BCUT2D eigenvalue weighted by Crippen LogP contribution is -1.92. The van der Waals surface area contributed by atoms with Crippen molar-refractivity contribution in [2.75, 3.05) is 12.0 Å². The van der Waals surface area contributed by atoms with Crippen molar-refractivity contribution in [2.24, 2.45) is 0 Å². The Labute approximate surface area is 83.6 Å². The minimum absolute atomic E-state index is 0.328. The Bertz CT molecular complexity index is 493. The van der Waals surface area contributed by atoms with Gasteiger partial charge in [0.05, 0.1) is 11.4 Å². The molecule has 5 heteroatoms. The number of nitrogens with two attached hydrogens (primary N) is 1. The lowest BCUT2D eigenvalue weighted by atomic mass is 10.3. The Morgan fingerprint density at radius 3 is 3.00 bits per heavy atom. The lowest BCUT2D eigenvalue weighted by Gasteiger charge is -1.89. The van der Waals surface area contributed by atoms with Crippen molar-refractivity contribution in [1.29, 1.82) is 0 Å². The van der Waals surface area contributed by atoms with Crippen LogP contribution in [0.5, 0.6) is 0 Å². The van der Waals surface area contributed by atoms with E-state index >= 15 is 0 Å². The summed E-state index contributed by atoms with van der Waals surface area (Å²) in [5.74, 6) is 0.799. The van der Waals surface area contributed by atoms with Crippen molar-refractivity contribution in [2.45, 2.75) is 5.75 Å². The second kappa shape index (κ2) is 3.42. The van der Waals surface area contributed by atoms with Crippen molar-refractivity contribution < 1.29 is 8.63 Å². The first-order valence-electron chi connectivity index (χ1n) is 4.11. The molecule has 1 atom stereocenters. The summed E-state index contributed by atoms with van der Waals surface area (Å²) in [6.07, 6.45) is 1.61. The predicted octanol–water partition coefficient (Wildman–Crippen LogP) is 1.29. The van der Waals surface area contributed by atoms with Gasteiger partial charge in [-0.05, 0) is 12.1 Å². The minimum Gasteiger partial charge on any atom is -0.440 e. The van der Waals surface area contributed by atoms with Gasteiger partial charge in [0.15, 0.2) is 5.58 Å². The van der Waals surface area contributed by atoms with Crippen LogP contribution < -0.4 is 5.73 Å². The molecule has 0 saturated heterocycles. The van der Waals surface area contributed by atoms with E-state index in [9.17, 15) is 4.21 Å². The zero-order chi connectivity index (χ0) is 10.1. The average Bonchev–Trinajstić information content (AvgIpc) is 2.47. The van der Waals surface area contributed by atoms with Crippen LogP contribution in [-0.4, -0.2) is 15.4 Å². The Hall–Kier alpha value is -1.36. The number of anilines is 1. The van der Waals surface area contributed by atoms with Gasteiger partial charge in [0, 0.05) is 17.1 Å². The first-order valence-corrected chi connectivity index (χ1v) is 5.83. The zero-order valence-corrected chi connectivity index (χ0v) is 8.50. The third-order valence-corrected chi connectivity index (χ3v) is 2.47. The van der Waals surface area contributed by atoms with Gasteiger partial charge in [-0.25, -0.2) is 4.98 Å². The topological polar surface area (TPSA) is 69.1 Å². The SMILES string of the molecule is CS(=O)Cc1nc2c(N)cccc2o1. The van der Waals surface area contributed by atoms with Crippen molar-refractivity contribution in [3.63, 3.8) is 0 Å². The number of rotatable bonds is 2. The van der Waals surface area contributed by atoms with E-state index in [4.69, 9.17) is 10.2 Å². The average molecular weight is 210 g/mol. The van der Waals surface area contributed by atoms with E-state index in [0.717, 1.165) is 0 Å². The van der Waals surface area contributed by atoms with Crippen LogP contribution in [0.15, 0.2) is 22.6 Å².